The van der Waals surface area contributed by atoms with Crippen molar-refractivity contribution in [3.05, 3.63) is 42.1 Å². The highest BCUT2D eigenvalue weighted by molar-refractivity contribution is 5.34. The summed E-state index contributed by atoms with van der Waals surface area (Å²) in [5.41, 5.74) is 2.03. The van der Waals surface area contributed by atoms with Crippen molar-refractivity contribution in [3.8, 4) is 11.6 Å². The van der Waals surface area contributed by atoms with Gasteiger partial charge in [-0.2, -0.15) is 0 Å². The Balaban J connectivity index is 2.40. The van der Waals surface area contributed by atoms with E-state index in [0.717, 1.165) is 17.8 Å². The lowest BCUT2D eigenvalue weighted by Crippen LogP contribution is -2.04. The zero-order chi connectivity index (χ0) is 11.5. The van der Waals surface area contributed by atoms with Crippen LogP contribution in [0.3, 0.4) is 0 Å². The maximum Gasteiger partial charge on any atom is 0.230 e. The SMILES string of the molecule is CC(C)Cc1cc(O)nn1-c1ccccc1. The topological polar surface area (TPSA) is 38.1 Å². The summed E-state index contributed by atoms with van der Waals surface area (Å²) in [5, 5.41) is 13.6. The molecule has 0 spiro atoms. The van der Waals surface area contributed by atoms with E-state index in [9.17, 15) is 5.11 Å². The second-order valence-electron chi connectivity index (χ2n) is 4.34. The average Bonchev–Trinajstić information content (AvgIpc) is 2.60. The van der Waals surface area contributed by atoms with Gasteiger partial charge in [0.1, 0.15) is 0 Å². The fourth-order valence-corrected chi connectivity index (χ4v) is 1.76. The molecule has 84 valence electrons. The summed E-state index contributed by atoms with van der Waals surface area (Å²) in [7, 11) is 0. The van der Waals surface area contributed by atoms with Gasteiger partial charge in [-0.1, -0.05) is 32.0 Å². The fraction of sp³-hybridized carbons (Fsp3) is 0.308. The van der Waals surface area contributed by atoms with Crippen molar-refractivity contribution < 1.29 is 5.11 Å². The van der Waals surface area contributed by atoms with Gasteiger partial charge in [-0.15, -0.1) is 5.10 Å². The summed E-state index contributed by atoms with van der Waals surface area (Å²) >= 11 is 0. The Bertz CT molecular complexity index is 460. The Hall–Kier alpha value is -1.77. The van der Waals surface area contributed by atoms with Crippen LogP contribution in [0, 0.1) is 5.92 Å². The van der Waals surface area contributed by atoms with Gasteiger partial charge in [0, 0.05) is 11.8 Å². The van der Waals surface area contributed by atoms with Crippen LogP contribution in [0.5, 0.6) is 5.88 Å². The van der Waals surface area contributed by atoms with Gasteiger partial charge >= 0.3 is 0 Å². The van der Waals surface area contributed by atoms with Gasteiger partial charge in [0.15, 0.2) is 0 Å². The zero-order valence-electron chi connectivity index (χ0n) is 9.59. The number of benzene rings is 1. The van der Waals surface area contributed by atoms with Crippen molar-refractivity contribution in [3.63, 3.8) is 0 Å². The van der Waals surface area contributed by atoms with E-state index < -0.39 is 0 Å². The smallest absolute Gasteiger partial charge is 0.230 e. The largest absolute Gasteiger partial charge is 0.492 e. The Labute approximate surface area is 95.3 Å². The van der Waals surface area contributed by atoms with Crippen molar-refractivity contribution >= 4 is 0 Å². The molecule has 0 bridgehead atoms. The molecule has 1 aromatic heterocycles. The van der Waals surface area contributed by atoms with Crippen molar-refractivity contribution in [2.24, 2.45) is 5.92 Å². The van der Waals surface area contributed by atoms with Crippen LogP contribution in [0.1, 0.15) is 19.5 Å². The van der Waals surface area contributed by atoms with E-state index >= 15 is 0 Å². The summed E-state index contributed by atoms with van der Waals surface area (Å²) < 4.78 is 1.80. The highest BCUT2D eigenvalue weighted by atomic mass is 16.3. The van der Waals surface area contributed by atoms with Crippen LogP contribution >= 0.6 is 0 Å². The van der Waals surface area contributed by atoms with Gasteiger partial charge in [0.05, 0.1) is 5.69 Å². The first-order chi connectivity index (χ1) is 7.66. The zero-order valence-corrected chi connectivity index (χ0v) is 9.59. The molecule has 0 atom stereocenters. The quantitative estimate of drug-likeness (QED) is 0.856. The van der Waals surface area contributed by atoms with E-state index in [4.69, 9.17) is 0 Å². The minimum Gasteiger partial charge on any atom is -0.492 e. The molecule has 16 heavy (non-hydrogen) atoms. The molecule has 0 saturated carbocycles. The van der Waals surface area contributed by atoms with Gasteiger partial charge in [-0.25, -0.2) is 4.68 Å². The van der Waals surface area contributed by atoms with Crippen LogP contribution in [-0.2, 0) is 6.42 Å². The van der Waals surface area contributed by atoms with E-state index in [1.54, 1.807) is 10.7 Å². The Kier molecular flexibility index (Phi) is 2.95. The van der Waals surface area contributed by atoms with E-state index in [-0.39, 0.29) is 5.88 Å². The van der Waals surface area contributed by atoms with Gasteiger partial charge in [0.2, 0.25) is 5.88 Å². The monoisotopic (exact) mass is 216 g/mol. The summed E-state index contributed by atoms with van der Waals surface area (Å²) in [5.74, 6) is 0.623. The second kappa shape index (κ2) is 4.39. The van der Waals surface area contributed by atoms with Crippen LogP contribution in [0.25, 0.3) is 5.69 Å². The van der Waals surface area contributed by atoms with Gasteiger partial charge in [-0.3, -0.25) is 0 Å². The first kappa shape index (κ1) is 10.7. The van der Waals surface area contributed by atoms with Crippen LogP contribution in [-0.4, -0.2) is 14.9 Å². The van der Waals surface area contributed by atoms with Gasteiger partial charge < -0.3 is 5.11 Å². The lowest BCUT2D eigenvalue weighted by atomic mass is 10.1. The van der Waals surface area contributed by atoms with Crippen LogP contribution in [0.2, 0.25) is 0 Å². The summed E-state index contributed by atoms with van der Waals surface area (Å²) in [4.78, 5) is 0. The summed E-state index contributed by atoms with van der Waals surface area (Å²) in [6, 6.07) is 11.6. The first-order valence-corrected chi connectivity index (χ1v) is 5.50. The summed E-state index contributed by atoms with van der Waals surface area (Å²) in [6.45, 7) is 4.30. The predicted octanol–water partition coefficient (Wildman–Crippen LogP) is 2.78. The Morgan fingerprint density at radius 2 is 1.94 bits per heavy atom. The number of aromatic hydroxyl groups is 1. The highest BCUT2D eigenvalue weighted by Gasteiger charge is 2.09. The second-order valence-corrected chi connectivity index (χ2v) is 4.34. The third-order valence-corrected chi connectivity index (χ3v) is 2.39. The number of hydrogen-bond donors (Lipinski definition) is 1. The minimum atomic E-state index is 0.0829. The van der Waals surface area contributed by atoms with Crippen LogP contribution in [0.4, 0.5) is 0 Å². The van der Waals surface area contributed by atoms with Crippen molar-refractivity contribution in [1.82, 2.24) is 9.78 Å². The molecule has 2 rings (SSSR count). The molecule has 3 heteroatoms. The van der Waals surface area contributed by atoms with Crippen molar-refractivity contribution in [2.75, 3.05) is 0 Å². The third-order valence-electron chi connectivity index (χ3n) is 2.39. The average molecular weight is 216 g/mol. The van der Waals surface area contributed by atoms with Crippen molar-refractivity contribution in [2.45, 2.75) is 20.3 Å². The standard InChI is InChI=1S/C13H16N2O/c1-10(2)8-12-9-13(16)14-15(12)11-6-4-3-5-7-11/h3-7,9-10H,8H2,1-2H3,(H,14,16). The Morgan fingerprint density at radius 1 is 1.25 bits per heavy atom. The molecule has 0 amide bonds. The fourth-order valence-electron chi connectivity index (χ4n) is 1.76. The van der Waals surface area contributed by atoms with Gasteiger partial charge in [0.25, 0.3) is 0 Å². The van der Waals surface area contributed by atoms with E-state index in [0.29, 0.717) is 5.92 Å². The number of hydrogen-bond acceptors (Lipinski definition) is 2. The van der Waals surface area contributed by atoms with E-state index in [1.807, 2.05) is 30.3 Å². The molecule has 0 aliphatic carbocycles. The molecular formula is C13H16N2O. The van der Waals surface area contributed by atoms with Crippen molar-refractivity contribution in [1.29, 1.82) is 0 Å². The normalized spacial score (nSPS) is 10.9. The van der Waals surface area contributed by atoms with Crippen LogP contribution < -0.4 is 0 Å². The molecule has 0 saturated heterocycles. The molecule has 1 heterocycles. The molecule has 2 aromatic rings. The van der Waals surface area contributed by atoms with Gasteiger partial charge in [-0.05, 0) is 24.5 Å². The highest BCUT2D eigenvalue weighted by Crippen LogP contribution is 2.18. The molecule has 3 nitrogen and oxygen atoms in total. The Morgan fingerprint density at radius 3 is 2.56 bits per heavy atom. The lowest BCUT2D eigenvalue weighted by molar-refractivity contribution is 0.447. The van der Waals surface area contributed by atoms with E-state index in [2.05, 4.69) is 18.9 Å². The molecule has 1 aromatic carbocycles. The molecule has 0 unspecified atom stereocenters. The molecular weight excluding hydrogens is 200 g/mol. The molecule has 0 radical (unpaired) electrons. The predicted molar refractivity (Wildman–Crippen MR) is 63.8 cm³/mol. The number of nitrogens with zero attached hydrogens (tertiary/aromatic N) is 2. The molecule has 1 N–H and O–H groups in total. The first-order valence-electron chi connectivity index (χ1n) is 5.50. The molecule has 0 fully saturated rings. The number of aromatic nitrogens is 2. The minimum absolute atomic E-state index is 0.0829. The molecule has 0 aliphatic heterocycles. The molecule has 0 aliphatic rings. The van der Waals surface area contributed by atoms with Crippen LogP contribution in [0.15, 0.2) is 36.4 Å². The van der Waals surface area contributed by atoms with E-state index in [1.165, 1.54) is 0 Å². The number of para-hydroxylation sites is 1. The number of rotatable bonds is 3. The maximum atomic E-state index is 9.48. The maximum absolute atomic E-state index is 9.48. The third kappa shape index (κ3) is 2.24. The summed E-state index contributed by atoms with van der Waals surface area (Å²) in [6.07, 6.45) is 0.905. The lowest BCUT2D eigenvalue weighted by Gasteiger charge is -2.08.